The lowest BCUT2D eigenvalue weighted by molar-refractivity contribution is 0.316. The van der Waals surface area contributed by atoms with E-state index >= 15 is 0 Å². The Morgan fingerprint density at radius 2 is 2.07 bits per heavy atom. The second kappa shape index (κ2) is 6.65. The Morgan fingerprint density at radius 3 is 2.57 bits per heavy atom. The lowest BCUT2D eigenvalue weighted by Crippen LogP contribution is -2.39. The largest absolute Gasteiger partial charge is 0.409 e. The van der Waals surface area contributed by atoms with Crippen molar-refractivity contribution in [3.63, 3.8) is 0 Å². The minimum absolute atomic E-state index is 0.219. The summed E-state index contributed by atoms with van der Waals surface area (Å²) in [6.07, 6.45) is 3.81. The molecule has 0 heterocycles. The first kappa shape index (κ1) is 13.2. The van der Waals surface area contributed by atoms with Crippen molar-refractivity contribution in [2.24, 2.45) is 10.9 Å². The number of nitrogens with one attached hydrogen (secondary N) is 1. The van der Waals surface area contributed by atoms with Gasteiger partial charge >= 0.3 is 0 Å². The lowest BCUT2D eigenvalue weighted by Gasteiger charge is -2.24. The third kappa shape index (κ3) is 6.71. The van der Waals surface area contributed by atoms with Gasteiger partial charge in [-0.15, -0.1) is 0 Å². The van der Waals surface area contributed by atoms with Gasteiger partial charge in [0.15, 0.2) is 0 Å². The van der Waals surface area contributed by atoms with Gasteiger partial charge in [-0.1, -0.05) is 12.1 Å². The molecule has 84 valence electrons. The molecule has 0 saturated heterocycles. The number of hydrogen-bond acceptors (Lipinski definition) is 3. The van der Waals surface area contributed by atoms with Crippen LogP contribution >= 0.6 is 0 Å². The Hall–Kier alpha value is -0.770. The second-order valence-corrected chi connectivity index (χ2v) is 4.21. The molecule has 4 heteroatoms. The molecule has 0 aromatic heterocycles. The smallest absolute Gasteiger partial charge is 0.139 e. The van der Waals surface area contributed by atoms with Crippen LogP contribution in [0.1, 0.15) is 46.5 Å². The zero-order valence-electron chi connectivity index (χ0n) is 9.51. The van der Waals surface area contributed by atoms with Crippen LogP contribution in [0, 0.1) is 0 Å². The maximum atomic E-state index is 8.31. The summed E-state index contributed by atoms with van der Waals surface area (Å²) < 4.78 is 0. The number of unbranched alkanes of at least 4 members (excludes halogenated alkanes) is 1. The minimum Gasteiger partial charge on any atom is -0.409 e. The predicted molar refractivity (Wildman–Crippen MR) is 59.6 cm³/mol. The number of nitrogens with two attached hydrogens (primary N) is 1. The molecule has 0 saturated carbocycles. The normalized spacial score (nSPS) is 13.2. The van der Waals surface area contributed by atoms with Crippen LogP contribution in [-0.2, 0) is 0 Å². The molecule has 4 N–H and O–H groups in total. The highest BCUT2D eigenvalue weighted by Gasteiger charge is 2.12. The highest BCUT2D eigenvalue weighted by Crippen LogP contribution is 2.06. The fourth-order valence-corrected chi connectivity index (χ4v) is 1.03. The highest BCUT2D eigenvalue weighted by molar-refractivity contribution is 5.79. The zero-order valence-corrected chi connectivity index (χ0v) is 9.51. The molecule has 0 atom stereocenters. The number of nitrogens with zero attached hydrogens (tertiary/aromatic N) is 1. The van der Waals surface area contributed by atoms with E-state index in [1.54, 1.807) is 0 Å². The predicted octanol–water partition coefficient (Wildman–Crippen LogP) is 1.68. The van der Waals surface area contributed by atoms with Gasteiger partial charge in [0, 0.05) is 12.0 Å². The second-order valence-electron chi connectivity index (χ2n) is 4.21. The van der Waals surface area contributed by atoms with E-state index in [1.165, 1.54) is 0 Å². The van der Waals surface area contributed by atoms with Gasteiger partial charge < -0.3 is 16.3 Å². The van der Waals surface area contributed by atoms with Crippen molar-refractivity contribution in [2.75, 3.05) is 6.54 Å². The van der Waals surface area contributed by atoms with Crippen molar-refractivity contribution in [3.05, 3.63) is 0 Å². The molecule has 4 nitrogen and oxygen atoms in total. The van der Waals surface area contributed by atoms with E-state index in [9.17, 15) is 0 Å². The van der Waals surface area contributed by atoms with Gasteiger partial charge in [0.25, 0.3) is 0 Å². The van der Waals surface area contributed by atoms with Gasteiger partial charge in [0.1, 0.15) is 5.84 Å². The molecule has 0 spiro atoms. The van der Waals surface area contributed by atoms with E-state index in [1.807, 2.05) is 0 Å². The van der Waals surface area contributed by atoms with E-state index in [4.69, 9.17) is 10.9 Å². The summed E-state index contributed by atoms with van der Waals surface area (Å²) in [6, 6.07) is 0. The van der Waals surface area contributed by atoms with Gasteiger partial charge in [-0.25, -0.2) is 0 Å². The van der Waals surface area contributed by atoms with Gasteiger partial charge in [0.2, 0.25) is 0 Å². The molecule has 0 fully saturated rings. The first-order valence-corrected chi connectivity index (χ1v) is 5.23. The third-order valence-electron chi connectivity index (χ3n) is 2.48. The van der Waals surface area contributed by atoms with Crippen LogP contribution in [-0.4, -0.2) is 23.1 Å². The molecule has 0 aromatic carbocycles. The lowest BCUT2D eigenvalue weighted by atomic mass is 10.0. The van der Waals surface area contributed by atoms with E-state index in [0.717, 1.165) is 25.8 Å². The summed E-state index contributed by atoms with van der Waals surface area (Å²) in [5.74, 6) is 0.319. The average molecular weight is 201 g/mol. The number of amidine groups is 1. The Bertz CT molecular complexity index is 178. The summed E-state index contributed by atoms with van der Waals surface area (Å²) in [7, 11) is 0. The summed E-state index contributed by atoms with van der Waals surface area (Å²) >= 11 is 0. The van der Waals surface area contributed by atoms with Crippen LogP contribution in [0.25, 0.3) is 0 Å². The van der Waals surface area contributed by atoms with Gasteiger partial charge in [0.05, 0.1) is 0 Å². The first-order chi connectivity index (χ1) is 6.52. The average Bonchev–Trinajstić information content (AvgIpc) is 2.17. The topological polar surface area (TPSA) is 70.6 Å². The van der Waals surface area contributed by atoms with Crippen molar-refractivity contribution >= 4 is 5.84 Å². The fourth-order valence-electron chi connectivity index (χ4n) is 1.03. The van der Waals surface area contributed by atoms with Crippen LogP contribution in [0.15, 0.2) is 5.16 Å². The molecule has 14 heavy (non-hydrogen) atoms. The maximum Gasteiger partial charge on any atom is 0.139 e. The first-order valence-electron chi connectivity index (χ1n) is 5.23. The molecule has 0 aliphatic rings. The quantitative estimate of drug-likeness (QED) is 0.193. The fraction of sp³-hybridized carbons (Fsp3) is 0.900. The molecule has 0 aromatic rings. The van der Waals surface area contributed by atoms with Crippen LogP contribution in [0.5, 0.6) is 0 Å². The molecule has 0 aliphatic carbocycles. The SMILES string of the molecule is CCC(C)(C)NCCCCC(N)=NO. The Kier molecular flexibility index (Phi) is 6.28. The zero-order chi connectivity index (χ0) is 11.0. The van der Waals surface area contributed by atoms with Crippen LogP contribution < -0.4 is 11.1 Å². The summed E-state index contributed by atoms with van der Waals surface area (Å²) in [5, 5.41) is 14.7. The van der Waals surface area contributed by atoms with Gasteiger partial charge in [-0.05, 0) is 39.7 Å². The monoisotopic (exact) mass is 201 g/mol. The molecule has 0 radical (unpaired) electrons. The van der Waals surface area contributed by atoms with Crippen molar-refractivity contribution < 1.29 is 5.21 Å². The van der Waals surface area contributed by atoms with E-state index in [2.05, 4.69) is 31.2 Å². The highest BCUT2D eigenvalue weighted by atomic mass is 16.4. The molecule has 0 bridgehead atoms. The summed E-state index contributed by atoms with van der Waals surface area (Å²) in [5.41, 5.74) is 5.57. The van der Waals surface area contributed by atoms with Crippen LogP contribution in [0.4, 0.5) is 0 Å². The standard InChI is InChI=1S/C10H23N3O/c1-4-10(2,3)12-8-6-5-7-9(11)13-14/h12,14H,4-8H2,1-3H3,(H2,11,13). The van der Waals surface area contributed by atoms with Crippen LogP contribution in [0.3, 0.4) is 0 Å². The molecule has 0 aliphatic heterocycles. The Labute approximate surface area is 86.6 Å². The van der Waals surface area contributed by atoms with E-state index in [-0.39, 0.29) is 5.54 Å². The van der Waals surface area contributed by atoms with E-state index < -0.39 is 0 Å². The van der Waals surface area contributed by atoms with E-state index in [0.29, 0.717) is 12.3 Å². The Morgan fingerprint density at radius 1 is 1.43 bits per heavy atom. The molecule has 0 amide bonds. The number of hydrogen-bond donors (Lipinski definition) is 3. The summed E-state index contributed by atoms with van der Waals surface area (Å²) in [4.78, 5) is 0. The third-order valence-corrected chi connectivity index (χ3v) is 2.48. The van der Waals surface area contributed by atoms with Crippen molar-refractivity contribution in [1.29, 1.82) is 0 Å². The van der Waals surface area contributed by atoms with Crippen molar-refractivity contribution in [1.82, 2.24) is 5.32 Å². The van der Waals surface area contributed by atoms with Crippen molar-refractivity contribution in [2.45, 2.75) is 52.0 Å². The maximum absolute atomic E-state index is 8.31. The Balaban J connectivity index is 3.39. The number of rotatable bonds is 7. The van der Waals surface area contributed by atoms with Gasteiger partial charge in [-0.3, -0.25) is 0 Å². The van der Waals surface area contributed by atoms with Gasteiger partial charge in [-0.2, -0.15) is 0 Å². The molecular weight excluding hydrogens is 178 g/mol. The minimum atomic E-state index is 0.219. The number of oxime groups is 1. The van der Waals surface area contributed by atoms with Crippen molar-refractivity contribution in [3.8, 4) is 0 Å². The summed E-state index contributed by atoms with van der Waals surface area (Å²) in [6.45, 7) is 7.54. The molecule has 0 unspecified atom stereocenters. The molecular formula is C10H23N3O. The molecule has 0 rings (SSSR count). The van der Waals surface area contributed by atoms with Crippen LogP contribution in [0.2, 0.25) is 0 Å².